The molecule has 1 aliphatic heterocycles. The van der Waals surface area contributed by atoms with Crippen LogP contribution in [0.25, 0.3) is 0 Å². The van der Waals surface area contributed by atoms with Gasteiger partial charge in [0.15, 0.2) is 15.9 Å². The first-order valence-corrected chi connectivity index (χ1v) is 12.0. The van der Waals surface area contributed by atoms with E-state index in [9.17, 15) is 13.2 Å². The summed E-state index contributed by atoms with van der Waals surface area (Å²) < 4.78 is 29.7. The maximum atomic E-state index is 13.2. The molecule has 1 amide bonds. The van der Waals surface area contributed by atoms with E-state index in [1.54, 1.807) is 36.1 Å². The molecule has 2 atom stereocenters. The monoisotopic (exact) mass is 475 g/mol. The number of halogens is 3. The highest BCUT2D eigenvalue weighted by atomic mass is 35.5. The molecule has 156 valence electrons. The summed E-state index contributed by atoms with van der Waals surface area (Å²) in [6.45, 7) is 1.88. The predicted molar refractivity (Wildman–Crippen MR) is 116 cm³/mol. The van der Waals surface area contributed by atoms with Crippen molar-refractivity contribution >= 4 is 50.5 Å². The molecular weight excluding hydrogens is 457 g/mol. The van der Waals surface area contributed by atoms with Gasteiger partial charge in [-0.05, 0) is 49.2 Å². The largest absolute Gasteiger partial charge is 0.479 e. The Hall–Kier alpha value is -1.47. The fourth-order valence-electron chi connectivity index (χ4n) is 3.24. The molecule has 0 radical (unpaired) electrons. The van der Waals surface area contributed by atoms with Crippen LogP contribution in [0.3, 0.4) is 0 Å². The summed E-state index contributed by atoms with van der Waals surface area (Å²) >= 11 is 18.0. The van der Waals surface area contributed by atoms with Gasteiger partial charge < -0.3 is 9.64 Å². The molecule has 5 nitrogen and oxygen atoms in total. The van der Waals surface area contributed by atoms with Crippen LogP contribution in [0.4, 0.5) is 0 Å². The highest BCUT2D eigenvalue weighted by Gasteiger charge is 2.36. The van der Waals surface area contributed by atoms with Gasteiger partial charge in [-0.1, -0.05) is 46.9 Å². The Morgan fingerprint density at radius 3 is 2.38 bits per heavy atom. The molecule has 0 aliphatic carbocycles. The van der Waals surface area contributed by atoms with Gasteiger partial charge in [0.1, 0.15) is 5.75 Å². The number of benzene rings is 2. The Balaban J connectivity index is 1.81. The Bertz CT molecular complexity index is 995. The molecule has 0 unspecified atom stereocenters. The number of carbonyl (C=O) groups is 1. The van der Waals surface area contributed by atoms with Crippen LogP contribution in [0.1, 0.15) is 18.9 Å². The third kappa shape index (κ3) is 5.79. The fraction of sp³-hybridized carbons (Fsp3) is 0.350. The summed E-state index contributed by atoms with van der Waals surface area (Å²) in [5, 5.41) is 1.34. The minimum atomic E-state index is -3.16. The van der Waals surface area contributed by atoms with Crippen molar-refractivity contribution in [1.82, 2.24) is 4.90 Å². The standard InChI is InChI=1S/C20H20Cl3NO4S/c1-13(28-19-7-6-16(22)10-18(19)23)20(25)24(17-8-9-29(26,27)12-17)11-14-2-4-15(21)5-3-14/h2-7,10,13,17H,8-9,11-12H2,1H3/t13-,17-/m1/s1. The molecule has 0 bridgehead atoms. The highest BCUT2D eigenvalue weighted by Crippen LogP contribution is 2.29. The van der Waals surface area contributed by atoms with Crippen LogP contribution in [-0.2, 0) is 21.2 Å². The van der Waals surface area contributed by atoms with E-state index in [0.29, 0.717) is 27.2 Å². The second-order valence-electron chi connectivity index (χ2n) is 6.98. The van der Waals surface area contributed by atoms with Gasteiger partial charge in [-0.3, -0.25) is 4.79 Å². The molecule has 9 heteroatoms. The topological polar surface area (TPSA) is 63.7 Å². The first-order valence-electron chi connectivity index (χ1n) is 9.02. The van der Waals surface area contributed by atoms with Crippen molar-refractivity contribution in [1.29, 1.82) is 0 Å². The van der Waals surface area contributed by atoms with Crippen LogP contribution in [0, 0.1) is 0 Å². The van der Waals surface area contributed by atoms with Crippen molar-refractivity contribution in [3.8, 4) is 5.75 Å². The minimum absolute atomic E-state index is 0.0548. The predicted octanol–water partition coefficient (Wildman–Crippen LogP) is 4.63. The number of hydrogen-bond acceptors (Lipinski definition) is 4. The summed E-state index contributed by atoms with van der Waals surface area (Å²) in [5.74, 6) is 0.0385. The third-order valence-electron chi connectivity index (χ3n) is 4.74. The summed E-state index contributed by atoms with van der Waals surface area (Å²) in [4.78, 5) is 14.8. The van der Waals surface area contributed by atoms with Crippen LogP contribution >= 0.6 is 34.8 Å². The van der Waals surface area contributed by atoms with Crippen LogP contribution in [0.15, 0.2) is 42.5 Å². The first-order chi connectivity index (χ1) is 13.6. The zero-order valence-electron chi connectivity index (χ0n) is 15.6. The molecule has 29 heavy (non-hydrogen) atoms. The molecule has 3 rings (SSSR count). The number of rotatable bonds is 6. The lowest BCUT2D eigenvalue weighted by atomic mass is 10.1. The molecule has 1 aliphatic rings. The van der Waals surface area contributed by atoms with Gasteiger partial charge in [0.2, 0.25) is 0 Å². The van der Waals surface area contributed by atoms with E-state index in [1.165, 1.54) is 6.07 Å². The van der Waals surface area contributed by atoms with Crippen molar-refractivity contribution in [3.63, 3.8) is 0 Å². The second-order valence-corrected chi connectivity index (χ2v) is 10.5. The van der Waals surface area contributed by atoms with Crippen molar-refractivity contribution in [2.45, 2.75) is 32.0 Å². The van der Waals surface area contributed by atoms with Crippen molar-refractivity contribution < 1.29 is 17.9 Å². The molecule has 0 spiro atoms. The Kier molecular flexibility index (Phi) is 6.99. The molecule has 1 saturated heterocycles. The first kappa shape index (κ1) is 22.2. The van der Waals surface area contributed by atoms with Crippen LogP contribution in [0.5, 0.6) is 5.75 Å². The summed E-state index contributed by atoms with van der Waals surface area (Å²) in [5.41, 5.74) is 0.851. The van der Waals surface area contributed by atoms with Gasteiger partial charge in [-0.15, -0.1) is 0 Å². The highest BCUT2D eigenvalue weighted by molar-refractivity contribution is 7.91. The van der Waals surface area contributed by atoms with E-state index in [2.05, 4.69) is 0 Å². The summed E-state index contributed by atoms with van der Waals surface area (Å²) in [6, 6.07) is 11.4. The van der Waals surface area contributed by atoms with Gasteiger partial charge in [0.05, 0.1) is 16.5 Å². The fourth-order valence-corrected chi connectivity index (χ4v) is 5.55. The Labute approximate surface area is 185 Å². The average Bonchev–Trinajstić information content (AvgIpc) is 3.02. The molecule has 0 saturated carbocycles. The number of sulfone groups is 1. The molecule has 2 aromatic rings. The Morgan fingerprint density at radius 1 is 1.14 bits per heavy atom. The molecule has 0 N–H and O–H groups in total. The van der Waals surface area contributed by atoms with E-state index >= 15 is 0 Å². The quantitative estimate of drug-likeness (QED) is 0.610. The average molecular weight is 477 g/mol. The number of nitrogens with zero attached hydrogens (tertiary/aromatic N) is 1. The zero-order chi connectivity index (χ0) is 21.2. The smallest absolute Gasteiger partial charge is 0.263 e. The maximum absolute atomic E-state index is 13.2. The van der Waals surface area contributed by atoms with Gasteiger partial charge in [-0.25, -0.2) is 8.42 Å². The number of hydrogen-bond donors (Lipinski definition) is 0. The van der Waals surface area contributed by atoms with E-state index in [4.69, 9.17) is 39.5 Å². The summed E-state index contributed by atoms with van der Waals surface area (Å²) in [7, 11) is -3.16. The van der Waals surface area contributed by atoms with Gasteiger partial charge in [-0.2, -0.15) is 0 Å². The third-order valence-corrected chi connectivity index (χ3v) is 7.28. The van der Waals surface area contributed by atoms with Crippen molar-refractivity contribution in [2.24, 2.45) is 0 Å². The number of ether oxygens (including phenoxy) is 1. The van der Waals surface area contributed by atoms with Gasteiger partial charge in [0.25, 0.3) is 5.91 Å². The minimum Gasteiger partial charge on any atom is -0.479 e. The van der Waals surface area contributed by atoms with Crippen molar-refractivity contribution in [2.75, 3.05) is 11.5 Å². The molecule has 2 aromatic carbocycles. The van der Waals surface area contributed by atoms with Gasteiger partial charge in [0, 0.05) is 22.6 Å². The van der Waals surface area contributed by atoms with Crippen LogP contribution in [0.2, 0.25) is 15.1 Å². The number of amides is 1. The van der Waals surface area contributed by atoms with Crippen LogP contribution in [-0.4, -0.2) is 42.9 Å². The lowest BCUT2D eigenvalue weighted by molar-refractivity contribution is -0.140. The van der Waals surface area contributed by atoms with Crippen molar-refractivity contribution in [3.05, 3.63) is 63.1 Å². The summed E-state index contributed by atoms with van der Waals surface area (Å²) in [6.07, 6.45) is -0.458. The SMILES string of the molecule is C[C@@H](Oc1ccc(Cl)cc1Cl)C(=O)N(Cc1ccc(Cl)cc1)[C@@H]1CCS(=O)(=O)C1. The van der Waals surface area contributed by atoms with E-state index in [1.807, 2.05) is 12.1 Å². The zero-order valence-corrected chi connectivity index (χ0v) is 18.7. The molecule has 1 heterocycles. The molecular formula is C20H20Cl3NO4S. The van der Waals surface area contributed by atoms with E-state index < -0.39 is 22.0 Å². The van der Waals surface area contributed by atoms with Gasteiger partial charge >= 0.3 is 0 Å². The number of carbonyl (C=O) groups excluding carboxylic acids is 1. The van der Waals surface area contributed by atoms with E-state index in [-0.39, 0.29) is 24.0 Å². The Morgan fingerprint density at radius 2 is 1.79 bits per heavy atom. The lowest BCUT2D eigenvalue weighted by Gasteiger charge is -2.31. The normalized spacial score (nSPS) is 19.0. The second kappa shape index (κ2) is 9.13. The maximum Gasteiger partial charge on any atom is 0.263 e. The molecule has 0 aromatic heterocycles. The van der Waals surface area contributed by atoms with Crippen LogP contribution < -0.4 is 4.74 Å². The molecule has 1 fully saturated rings. The lowest BCUT2D eigenvalue weighted by Crippen LogP contribution is -2.46. The van der Waals surface area contributed by atoms with E-state index in [0.717, 1.165) is 5.56 Å².